The van der Waals surface area contributed by atoms with Crippen LogP contribution in [0.5, 0.6) is 0 Å². The van der Waals surface area contributed by atoms with E-state index in [4.69, 9.17) is 0 Å². The molecule has 1 rings (SSSR count). The third-order valence-electron chi connectivity index (χ3n) is 0.904. The van der Waals surface area contributed by atoms with Crippen molar-refractivity contribution in [1.82, 2.24) is 9.97 Å². The number of rotatable bonds is 1. The number of methoxy groups -OCH3 is 1. The smallest absolute Gasteiger partial charge is 0.356 e. The van der Waals surface area contributed by atoms with Gasteiger partial charge in [0.25, 0.3) is 0 Å². The van der Waals surface area contributed by atoms with Crippen LogP contribution in [0.15, 0.2) is 12.5 Å². The number of ether oxygens (including phenoxy) is 1. The van der Waals surface area contributed by atoms with Crippen LogP contribution in [-0.2, 0) is 4.74 Å². The number of H-pyrrole nitrogens is 1. The number of aromatic amines is 1. The Bertz CT molecular complexity index is 194. The second-order valence-electron chi connectivity index (χ2n) is 1.46. The molecule has 11 heavy (non-hydrogen) atoms. The molecule has 0 bridgehead atoms. The fourth-order valence-electron chi connectivity index (χ4n) is 0.477. The SMILES string of the molecule is CC.COC(=O)c1cnc[nH]1. The number of esters is 1. The molecule has 1 aromatic heterocycles. The van der Waals surface area contributed by atoms with E-state index in [1.807, 2.05) is 13.8 Å². The molecule has 62 valence electrons. The summed E-state index contributed by atoms with van der Waals surface area (Å²) in [5.41, 5.74) is 0.373. The molecular weight excluding hydrogens is 144 g/mol. The predicted molar refractivity (Wildman–Crippen MR) is 41.3 cm³/mol. The van der Waals surface area contributed by atoms with Gasteiger partial charge in [0.2, 0.25) is 0 Å². The van der Waals surface area contributed by atoms with E-state index in [1.165, 1.54) is 19.6 Å². The van der Waals surface area contributed by atoms with Gasteiger partial charge in [-0.05, 0) is 0 Å². The van der Waals surface area contributed by atoms with Gasteiger partial charge in [0.1, 0.15) is 5.69 Å². The summed E-state index contributed by atoms with van der Waals surface area (Å²) in [5, 5.41) is 0. The highest BCUT2D eigenvalue weighted by Crippen LogP contribution is 1.91. The van der Waals surface area contributed by atoms with Crippen molar-refractivity contribution < 1.29 is 9.53 Å². The van der Waals surface area contributed by atoms with Crippen LogP contribution in [0, 0.1) is 0 Å². The van der Waals surface area contributed by atoms with E-state index < -0.39 is 5.97 Å². The fraction of sp³-hybridized carbons (Fsp3) is 0.429. The van der Waals surface area contributed by atoms with E-state index in [0.717, 1.165) is 0 Å². The zero-order valence-electron chi connectivity index (χ0n) is 6.92. The van der Waals surface area contributed by atoms with E-state index >= 15 is 0 Å². The van der Waals surface area contributed by atoms with Gasteiger partial charge >= 0.3 is 5.97 Å². The number of carbonyl (C=O) groups excluding carboxylic acids is 1. The topological polar surface area (TPSA) is 55.0 Å². The van der Waals surface area contributed by atoms with E-state index in [-0.39, 0.29) is 0 Å². The Morgan fingerprint density at radius 1 is 1.64 bits per heavy atom. The van der Waals surface area contributed by atoms with Crippen LogP contribution < -0.4 is 0 Å². The predicted octanol–water partition coefficient (Wildman–Crippen LogP) is 1.22. The van der Waals surface area contributed by atoms with Gasteiger partial charge in [0.05, 0.1) is 19.6 Å². The lowest BCUT2D eigenvalue weighted by Gasteiger charge is -1.90. The van der Waals surface area contributed by atoms with Gasteiger partial charge in [-0.1, -0.05) is 13.8 Å². The van der Waals surface area contributed by atoms with Crippen LogP contribution in [0.2, 0.25) is 0 Å². The molecule has 1 aromatic rings. The molecule has 0 saturated heterocycles. The summed E-state index contributed by atoms with van der Waals surface area (Å²) in [7, 11) is 1.32. The number of hydrogen-bond donors (Lipinski definition) is 1. The summed E-state index contributed by atoms with van der Waals surface area (Å²) in [6.07, 6.45) is 2.83. The van der Waals surface area contributed by atoms with Crippen molar-refractivity contribution in [2.75, 3.05) is 7.11 Å². The minimum absolute atomic E-state index is 0.373. The Labute approximate surface area is 65.6 Å². The number of imidazole rings is 1. The van der Waals surface area contributed by atoms with Crippen molar-refractivity contribution in [2.45, 2.75) is 13.8 Å². The molecule has 1 N–H and O–H groups in total. The molecule has 0 saturated carbocycles. The van der Waals surface area contributed by atoms with Crippen LogP contribution in [0.3, 0.4) is 0 Å². The minimum atomic E-state index is -0.396. The largest absolute Gasteiger partial charge is 0.464 e. The molecule has 0 atom stereocenters. The summed E-state index contributed by atoms with van der Waals surface area (Å²) in [4.78, 5) is 16.8. The minimum Gasteiger partial charge on any atom is -0.464 e. The quantitative estimate of drug-likeness (QED) is 0.622. The van der Waals surface area contributed by atoms with Crippen LogP contribution >= 0.6 is 0 Å². The van der Waals surface area contributed by atoms with E-state index in [2.05, 4.69) is 14.7 Å². The maximum absolute atomic E-state index is 10.6. The van der Waals surface area contributed by atoms with Crippen LogP contribution in [-0.4, -0.2) is 23.0 Å². The van der Waals surface area contributed by atoms with Gasteiger partial charge in [0, 0.05) is 0 Å². The third-order valence-corrected chi connectivity index (χ3v) is 0.904. The first-order chi connectivity index (χ1) is 5.34. The molecule has 0 spiro atoms. The Morgan fingerprint density at radius 2 is 2.27 bits per heavy atom. The molecule has 0 amide bonds. The van der Waals surface area contributed by atoms with Crippen LogP contribution in [0.1, 0.15) is 24.3 Å². The second-order valence-corrected chi connectivity index (χ2v) is 1.46. The molecule has 0 unspecified atom stereocenters. The zero-order valence-corrected chi connectivity index (χ0v) is 6.92. The first-order valence-corrected chi connectivity index (χ1v) is 3.41. The van der Waals surface area contributed by atoms with Crippen LogP contribution in [0.25, 0.3) is 0 Å². The van der Waals surface area contributed by atoms with E-state index in [1.54, 1.807) is 0 Å². The number of nitrogens with one attached hydrogen (secondary N) is 1. The highest BCUT2D eigenvalue weighted by molar-refractivity contribution is 5.86. The Morgan fingerprint density at radius 3 is 2.64 bits per heavy atom. The number of aromatic nitrogens is 2. The molecule has 0 radical (unpaired) electrons. The molecule has 1 heterocycles. The lowest BCUT2D eigenvalue weighted by molar-refractivity contribution is 0.0594. The van der Waals surface area contributed by atoms with Crippen molar-refractivity contribution in [3.63, 3.8) is 0 Å². The van der Waals surface area contributed by atoms with E-state index in [9.17, 15) is 4.79 Å². The normalized spacial score (nSPS) is 7.91. The zero-order chi connectivity index (χ0) is 8.69. The maximum Gasteiger partial charge on any atom is 0.356 e. The van der Waals surface area contributed by atoms with Crippen molar-refractivity contribution in [2.24, 2.45) is 0 Å². The maximum atomic E-state index is 10.6. The summed E-state index contributed by atoms with van der Waals surface area (Å²) in [6.45, 7) is 4.00. The summed E-state index contributed by atoms with van der Waals surface area (Å²) in [5.74, 6) is -0.396. The van der Waals surface area contributed by atoms with Gasteiger partial charge in [-0.25, -0.2) is 9.78 Å². The van der Waals surface area contributed by atoms with Crippen molar-refractivity contribution in [3.05, 3.63) is 18.2 Å². The second kappa shape index (κ2) is 5.46. The average Bonchev–Trinajstić information content (AvgIpc) is 2.59. The van der Waals surface area contributed by atoms with Gasteiger partial charge < -0.3 is 9.72 Å². The number of nitrogens with zero attached hydrogens (tertiary/aromatic N) is 1. The molecule has 4 nitrogen and oxygen atoms in total. The molecule has 0 aromatic carbocycles. The van der Waals surface area contributed by atoms with Gasteiger partial charge in [-0.15, -0.1) is 0 Å². The van der Waals surface area contributed by atoms with Gasteiger partial charge in [0.15, 0.2) is 0 Å². The number of carbonyl (C=O) groups is 1. The molecule has 0 aliphatic rings. The molecule has 0 fully saturated rings. The first kappa shape index (κ1) is 9.68. The molecule has 0 aliphatic carbocycles. The monoisotopic (exact) mass is 156 g/mol. The molecule has 0 aliphatic heterocycles. The highest BCUT2D eigenvalue weighted by Gasteiger charge is 2.03. The number of hydrogen-bond acceptors (Lipinski definition) is 3. The third kappa shape index (κ3) is 2.84. The van der Waals surface area contributed by atoms with Crippen LogP contribution in [0.4, 0.5) is 0 Å². The molecule has 4 heteroatoms. The Hall–Kier alpha value is -1.32. The Balaban J connectivity index is 0.000000461. The average molecular weight is 156 g/mol. The lowest BCUT2D eigenvalue weighted by atomic mass is 10.5. The fourth-order valence-corrected chi connectivity index (χ4v) is 0.477. The summed E-state index contributed by atoms with van der Waals surface area (Å²) >= 11 is 0. The standard InChI is InChI=1S/C5H6N2O2.C2H6/c1-9-5(8)4-2-6-3-7-4;1-2/h2-3H,1H3,(H,6,7);1-2H3. The van der Waals surface area contributed by atoms with Crippen molar-refractivity contribution in [3.8, 4) is 0 Å². The summed E-state index contributed by atoms with van der Waals surface area (Å²) < 4.78 is 4.38. The van der Waals surface area contributed by atoms with Gasteiger partial charge in [-0.3, -0.25) is 0 Å². The molecular formula is C7H12N2O2. The van der Waals surface area contributed by atoms with Crippen molar-refractivity contribution in [1.29, 1.82) is 0 Å². The summed E-state index contributed by atoms with van der Waals surface area (Å²) in [6, 6.07) is 0. The Kier molecular flexibility index (Phi) is 4.81. The van der Waals surface area contributed by atoms with Gasteiger partial charge in [-0.2, -0.15) is 0 Å². The van der Waals surface area contributed by atoms with E-state index in [0.29, 0.717) is 5.69 Å². The highest BCUT2D eigenvalue weighted by atomic mass is 16.5. The lowest BCUT2D eigenvalue weighted by Crippen LogP contribution is -2.00. The van der Waals surface area contributed by atoms with Crippen molar-refractivity contribution >= 4 is 5.97 Å². The first-order valence-electron chi connectivity index (χ1n) is 3.41.